The van der Waals surface area contributed by atoms with Gasteiger partial charge in [0.1, 0.15) is 12.4 Å². The lowest BCUT2D eigenvalue weighted by Crippen LogP contribution is -2.07. The van der Waals surface area contributed by atoms with Crippen LogP contribution in [-0.2, 0) is 4.79 Å². The molecule has 0 aliphatic heterocycles. The number of carboxylic acids is 1. The smallest absolute Gasteiger partial charge is 0.328 e. The highest BCUT2D eigenvalue weighted by molar-refractivity contribution is 6.32. The molecule has 92 valence electrons. The molecule has 0 atom stereocenters. The molecule has 0 amide bonds. The van der Waals surface area contributed by atoms with Crippen molar-refractivity contribution in [3.8, 4) is 5.75 Å². The van der Waals surface area contributed by atoms with Crippen LogP contribution in [0.1, 0.15) is 5.56 Å². The van der Waals surface area contributed by atoms with Gasteiger partial charge in [0, 0.05) is 11.6 Å². The number of halogens is 3. The molecule has 0 aliphatic rings. The second kappa shape index (κ2) is 6.20. The summed E-state index contributed by atoms with van der Waals surface area (Å²) in [6.45, 7) is -0.770. The van der Waals surface area contributed by atoms with Gasteiger partial charge in [-0.05, 0) is 18.2 Å². The second-order valence-electron chi connectivity index (χ2n) is 3.03. The van der Waals surface area contributed by atoms with Crippen molar-refractivity contribution >= 4 is 23.6 Å². The van der Waals surface area contributed by atoms with Gasteiger partial charge >= 0.3 is 5.97 Å². The number of benzene rings is 1. The van der Waals surface area contributed by atoms with Crippen LogP contribution in [0.5, 0.6) is 5.75 Å². The van der Waals surface area contributed by atoms with E-state index in [2.05, 4.69) is 0 Å². The second-order valence-corrected chi connectivity index (χ2v) is 3.43. The lowest BCUT2D eigenvalue weighted by Gasteiger charge is -2.09. The van der Waals surface area contributed by atoms with Crippen LogP contribution in [-0.4, -0.2) is 24.1 Å². The first-order valence-corrected chi connectivity index (χ1v) is 4.99. The number of ether oxygens (including phenoxy) is 1. The Kier molecular flexibility index (Phi) is 4.90. The van der Waals surface area contributed by atoms with Crippen molar-refractivity contribution in [1.29, 1.82) is 0 Å². The third-order valence-corrected chi connectivity index (χ3v) is 2.10. The van der Waals surface area contributed by atoms with Gasteiger partial charge in [-0.25, -0.2) is 13.6 Å². The zero-order valence-corrected chi connectivity index (χ0v) is 9.32. The molecular weight excluding hydrogens is 254 g/mol. The average molecular weight is 263 g/mol. The summed E-state index contributed by atoms with van der Waals surface area (Å²) in [5.74, 6) is -1.04. The molecular formula is C11H9ClF2O3. The molecule has 1 rings (SSSR count). The summed E-state index contributed by atoms with van der Waals surface area (Å²) in [5, 5.41) is 8.71. The lowest BCUT2D eigenvalue weighted by atomic mass is 10.2. The highest BCUT2D eigenvalue weighted by atomic mass is 35.5. The fraction of sp³-hybridized carbons (Fsp3) is 0.182. The fourth-order valence-electron chi connectivity index (χ4n) is 1.11. The first-order chi connectivity index (χ1) is 8.00. The number of aliphatic carboxylic acids is 1. The molecule has 0 saturated heterocycles. The van der Waals surface area contributed by atoms with E-state index in [1.807, 2.05) is 0 Å². The molecule has 0 aromatic heterocycles. The Morgan fingerprint density at radius 2 is 2.24 bits per heavy atom. The van der Waals surface area contributed by atoms with Gasteiger partial charge in [0.25, 0.3) is 6.43 Å². The Balaban J connectivity index is 2.95. The van der Waals surface area contributed by atoms with E-state index in [9.17, 15) is 13.6 Å². The van der Waals surface area contributed by atoms with Gasteiger partial charge in [-0.15, -0.1) is 0 Å². The molecule has 0 bridgehead atoms. The molecule has 1 aromatic rings. The molecule has 0 saturated carbocycles. The van der Waals surface area contributed by atoms with E-state index in [4.69, 9.17) is 21.4 Å². The van der Waals surface area contributed by atoms with E-state index in [-0.39, 0.29) is 16.3 Å². The number of alkyl halides is 2. The first kappa shape index (κ1) is 13.4. The average Bonchev–Trinajstić information content (AvgIpc) is 2.24. The van der Waals surface area contributed by atoms with Gasteiger partial charge in [0.15, 0.2) is 0 Å². The van der Waals surface area contributed by atoms with Crippen LogP contribution in [0.2, 0.25) is 5.02 Å². The third-order valence-electron chi connectivity index (χ3n) is 1.77. The minimum atomic E-state index is -2.61. The van der Waals surface area contributed by atoms with Crippen molar-refractivity contribution in [2.45, 2.75) is 6.43 Å². The summed E-state index contributed by atoms with van der Waals surface area (Å²) < 4.78 is 28.8. The zero-order valence-electron chi connectivity index (χ0n) is 8.57. The number of hydrogen-bond acceptors (Lipinski definition) is 2. The predicted octanol–water partition coefficient (Wildman–Crippen LogP) is 3.08. The summed E-state index contributed by atoms with van der Waals surface area (Å²) in [5.41, 5.74) is 0.261. The van der Waals surface area contributed by atoms with Gasteiger partial charge in [-0.3, -0.25) is 0 Å². The molecule has 0 fully saturated rings. The van der Waals surface area contributed by atoms with Gasteiger partial charge in [-0.2, -0.15) is 0 Å². The number of hydrogen-bond donors (Lipinski definition) is 1. The summed E-state index contributed by atoms with van der Waals surface area (Å²) in [6, 6.07) is 4.48. The van der Waals surface area contributed by atoms with Crippen LogP contribution < -0.4 is 4.74 Å². The molecule has 0 spiro atoms. The first-order valence-electron chi connectivity index (χ1n) is 4.61. The van der Waals surface area contributed by atoms with Crippen LogP contribution in [0.25, 0.3) is 6.08 Å². The molecule has 0 radical (unpaired) electrons. The maximum Gasteiger partial charge on any atom is 0.328 e. The molecule has 1 aromatic carbocycles. The summed E-state index contributed by atoms with van der Waals surface area (Å²) in [7, 11) is 0. The summed E-state index contributed by atoms with van der Waals surface area (Å²) in [6.07, 6.45) is -0.549. The number of carbonyl (C=O) groups is 1. The maximum atomic E-state index is 12.0. The van der Waals surface area contributed by atoms with Crippen LogP contribution in [0, 0.1) is 0 Å². The zero-order chi connectivity index (χ0) is 12.8. The van der Waals surface area contributed by atoms with Crippen LogP contribution in [0.3, 0.4) is 0 Å². The highest BCUT2D eigenvalue weighted by Crippen LogP contribution is 2.28. The Bertz CT molecular complexity index is 433. The van der Waals surface area contributed by atoms with Gasteiger partial charge in [0.2, 0.25) is 0 Å². The van der Waals surface area contributed by atoms with Gasteiger partial charge in [0.05, 0.1) is 5.02 Å². The van der Waals surface area contributed by atoms with Gasteiger partial charge < -0.3 is 9.84 Å². The number of carboxylic acid groups (broad SMARTS) is 1. The monoisotopic (exact) mass is 262 g/mol. The lowest BCUT2D eigenvalue weighted by molar-refractivity contribution is -0.131. The molecule has 1 N–H and O–H groups in total. The Hall–Kier alpha value is -1.62. The summed E-state index contributed by atoms with van der Waals surface area (Å²) in [4.78, 5) is 10.4. The molecule has 3 nitrogen and oxygen atoms in total. The van der Waals surface area contributed by atoms with Crippen molar-refractivity contribution < 1.29 is 23.4 Å². The van der Waals surface area contributed by atoms with Crippen molar-refractivity contribution in [2.75, 3.05) is 6.61 Å². The van der Waals surface area contributed by atoms with E-state index < -0.39 is 19.0 Å². The Morgan fingerprint density at radius 1 is 1.53 bits per heavy atom. The van der Waals surface area contributed by atoms with Crippen molar-refractivity contribution in [1.82, 2.24) is 0 Å². The topological polar surface area (TPSA) is 46.5 Å². The molecule has 0 aliphatic carbocycles. The van der Waals surface area contributed by atoms with E-state index >= 15 is 0 Å². The number of rotatable bonds is 5. The normalized spacial score (nSPS) is 11.1. The predicted molar refractivity (Wildman–Crippen MR) is 59.6 cm³/mol. The van der Waals surface area contributed by atoms with E-state index in [1.165, 1.54) is 24.3 Å². The van der Waals surface area contributed by atoms with Crippen LogP contribution in [0.15, 0.2) is 24.3 Å². The third kappa shape index (κ3) is 4.40. The molecule has 6 heteroatoms. The van der Waals surface area contributed by atoms with E-state index in [0.717, 1.165) is 6.08 Å². The minimum Gasteiger partial charge on any atom is -0.487 e. The van der Waals surface area contributed by atoms with Crippen molar-refractivity contribution in [3.05, 3.63) is 34.9 Å². The molecule has 17 heavy (non-hydrogen) atoms. The highest BCUT2D eigenvalue weighted by Gasteiger charge is 2.09. The SMILES string of the molecule is O=C(O)/C=C/c1c(Cl)cccc1OCC(F)F. The standard InChI is InChI=1S/C11H9ClF2O3/c12-8-2-1-3-9(17-6-10(13)14)7(8)4-5-11(15)16/h1-5,10H,6H2,(H,15,16)/b5-4+. The maximum absolute atomic E-state index is 12.0. The van der Waals surface area contributed by atoms with Crippen LogP contribution >= 0.6 is 11.6 Å². The van der Waals surface area contributed by atoms with Crippen molar-refractivity contribution in [2.24, 2.45) is 0 Å². The Morgan fingerprint density at radius 3 is 2.82 bits per heavy atom. The van der Waals surface area contributed by atoms with E-state index in [1.54, 1.807) is 0 Å². The quantitative estimate of drug-likeness (QED) is 0.830. The summed E-state index contributed by atoms with van der Waals surface area (Å²) >= 11 is 5.82. The largest absolute Gasteiger partial charge is 0.487 e. The van der Waals surface area contributed by atoms with Crippen molar-refractivity contribution in [3.63, 3.8) is 0 Å². The van der Waals surface area contributed by atoms with Crippen LogP contribution in [0.4, 0.5) is 8.78 Å². The minimum absolute atomic E-state index is 0.121. The fourth-order valence-corrected chi connectivity index (χ4v) is 1.34. The van der Waals surface area contributed by atoms with Gasteiger partial charge in [-0.1, -0.05) is 17.7 Å². The van der Waals surface area contributed by atoms with E-state index in [0.29, 0.717) is 0 Å². The Labute approximate surface area is 101 Å². The molecule has 0 heterocycles. The molecule has 0 unspecified atom stereocenters.